The van der Waals surface area contributed by atoms with Gasteiger partial charge in [0, 0.05) is 72.0 Å². The van der Waals surface area contributed by atoms with E-state index in [0.717, 1.165) is 4.57 Å². The first-order valence-electron chi connectivity index (χ1n) is 15.3. The van der Waals surface area contributed by atoms with E-state index in [9.17, 15) is 14.7 Å². The number of benzene rings is 2. The normalized spacial score (nSPS) is 17.1. The summed E-state index contributed by atoms with van der Waals surface area (Å²) in [6.45, 7) is 5.37. The van der Waals surface area contributed by atoms with Gasteiger partial charge in [0.2, 0.25) is 0 Å². The summed E-state index contributed by atoms with van der Waals surface area (Å²) < 4.78 is 45.1. The molecule has 6 rings (SSSR count). The van der Waals surface area contributed by atoms with Crippen LogP contribution in [0.15, 0.2) is 65.8 Å². The number of ether oxygens (including phenoxy) is 1. The molecule has 0 saturated carbocycles. The third-order valence-corrected chi connectivity index (χ3v) is 8.05. The molecule has 2 saturated heterocycles. The number of carbonyl (C=O) groups is 1. The van der Waals surface area contributed by atoms with Gasteiger partial charge in [-0.15, -0.1) is 0 Å². The first kappa shape index (κ1) is 25.2. The summed E-state index contributed by atoms with van der Waals surface area (Å²) in [5, 5.41) is 11.5. The maximum Gasteiger partial charge on any atom is 0.410 e. The lowest BCUT2D eigenvalue weighted by atomic mass is 9.73. The third kappa shape index (κ3) is 5.35. The average molecular weight is 609 g/mol. The summed E-state index contributed by atoms with van der Waals surface area (Å²) in [6.07, 6.45) is 4.09. The molecule has 2 aliphatic rings. The monoisotopic (exact) mass is 608 g/mol. The molecular weight excluding hydrogens is 573 g/mol. The van der Waals surface area contributed by atoms with Gasteiger partial charge in [-0.2, -0.15) is 0 Å². The molecule has 2 aromatic carbocycles. The van der Waals surface area contributed by atoms with Crippen molar-refractivity contribution >= 4 is 23.5 Å². The van der Waals surface area contributed by atoms with Crippen LogP contribution in [0.4, 0.5) is 15.0 Å². The zero-order valence-corrected chi connectivity index (χ0v) is 24.7. The van der Waals surface area contributed by atoms with E-state index in [1.165, 1.54) is 35.2 Å². The Hall–Kier alpha value is -4.31. The molecule has 1 amide bonds. The van der Waals surface area contributed by atoms with Gasteiger partial charge >= 0.3 is 11.8 Å². The minimum Gasteiger partial charge on any atom is -0.507 e. The Morgan fingerprint density at radius 2 is 1.79 bits per heavy atom. The van der Waals surface area contributed by atoms with Gasteiger partial charge in [-0.1, -0.05) is 17.7 Å². The van der Waals surface area contributed by atoms with E-state index in [1.807, 2.05) is 20.8 Å². The quantitative estimate of drug-likeness (QED) is 0.301. The number of nitrogens with zero attached hydrogens (tertiary/aromatic N) is 5. The number of pyridine rings is 1. The Morgan fingerprint density at radius 3 is 2.44 bits per heavy atom. The topological polar surface area (TPSA) is 92.8 Å². The van der Waals surface area contributed by atoms with E-state index in [1.54, 1.807) is 35.4 Å². The van der Waals surface area contributed by atoms with Crippen molar-refractivity contribution in [3.8, 4) is 33.7 Å². The molecule has 0 bridgehead atoms. The van der Waals surface area contributed by atoms with Crippen LogP contribution in [0.5, 0.6) is 5.75 Å². The van der Waals surface area contributed by atoms with E-state index in [4.69, 9.17) is 20.5 Å². The predicted octanol–water partition coefficient (Wildman–Crippen LogP) is 5.94. The van der Waals surface area contributed by atoms with Crippen molar-refractivity contribution in [1.29, 1.82) is 0 Å². The van der Waals surface area contributed by atoms with Gasteiger partial charge in [0.15, 0.2) is 0 Å². The summed E-state index contributed by atoms with van der Waals surface area (Å²) in [6, 6.07) is 10.6. The number of aromatic nitrogens is 3. The van der Waals surface area contributed by atoms with Gasteiger partial charge in [0.1, 0.15) is 23.0 Å². The number of aromatic hydroxyl groups is 1. The van der Waals surface area contributed by atoms with Crippen LogP contribution in [-0.2, 0) is 11.3 Å². The SMILES string of the molecule is [2H]C([2H])([2H])Cn1ccn(-c2ccc(-c3cc(F)cc(-c4ccnc(N5CC6(CN(C(=O)OC(C)(C)C)C6)C5)c4)c3O)cc2Cl)c1=O. The van der Waals surface area contributed by atoms with E-state index in [2.05, 4.69) is 9.88 Å². The summed E-state index contributed by atoms with van der Waals surface area (Å²) in [4.78, 5) is 33.4. The van der Waals surface area contributed by atoms with Crippen molar-refractivity contribution in [2.45, 2.75) is 39.8 Å². The van der Waals surface area contributed by atoms with Gasteiger partial charge in [0.25, 0.3) is 0 Å². The van der Waals surface area contributed by atoms with Crippen LogP contribution in [0.3, 0.4) is 0 Å². The maximum absolute atomic E-state index is 15.0. The molecule has 1 N–H and O–H groups in total. The first-order valence-corrected chi connectivity index (χ1v) is 14.2. The van der Waals surface area contributed by atoms with E-state index >= 15 is 4.39 Å². The number of phenols is 1. The highest BCUT2D eigenvalue weighted by Gasteiger charge is 2.54. The number of rotatable bonds is 5. The molecule has 2 aromatic heterocycles. The molecule has 2 aliphatic heterocycles. The second-order valence-electron chi connectivity index (χ2n) is 12.2. The fourth-order valence-corrected chi connectivity index (χ4v) is 6.00. The molecule has 11 heteroatoms. The Morgan fingerprint density at radius 1 is 1.09 bits per heavy atom. The Labute approximate surface area is 257 Å². The Kier molecular flexibility index (Phi) is 6.13. The zero-order valence-electron chi connectivity index (χ0n) is 27.0. The van der Waals surface area contributed by atoms with Crippen LogP contribution >= 0.6 is 11.6 Å². The number of likely N-dealkylation sites (tertiary alicyclic amines) is 1. The standard InChI is InChI=1S/C32H33ClFN5O4/c1-5-36-10-11-39(29(36)41)26-7-6-20(12-25(26)33)23-14-22(34)15-24(28(23)40)21-8-9-35-27(13-21)37-16-32(17-37)18-38(19-32)30(42)43-31(2,3)4/h6-15,40H,5,16-19H2,1-4H3/i1D3. The highest BCUT2D eigenvalue weighted by Crippen LogP contribution is 2.44. The number of halogens is 2. The Bertz CT molecular complexity index is 1890. The van der Waals surface area contributed by atoms with E-state index < -0.39 is 30.5 Å². The largest absolute Gasteiger partial charge is 0.507 e. The molecule has 0 unspecified atom stereocenters. The highest BCUT2D eigenvalue weighted by molar-refractivity contribution is 6.32. The zero-order chi connectivity index (χ0) is 33.2. The molecule has 43 heavy (non-hydrogen) atoms. The van der Waals surface area contributed by atoms with Crippen molar-refractivity contribution in [3.63, 3.8) is 0 Å². The molecule has 4 heterocycles. The fraction of sp³-hybridized carbons (Fsp3) is 0.344. The van der Waals surface area contributed by atoms with Gasteiger partial charge in [-0.25, -0.2) is 19.0 Å². The van der Waals surface area contributed by atoms with Gasteiger partial charge in [-0.3, -0.25) is 9.13 Å². The number of hydrogen-bond donors (Lipinski definition) is 1. The molecule has 0 atom stereocenters. The smallest absolute Gasteiger partial charge is 0.410 e. The molecular formula is C32H33ClFN5O4. The van der Waals surface area contributed by atoms with Crippen LogP contribution in [0, 0.1) is 11.2 Å². The predicted molar refractivity (Wildman–Crippen MR) is 163 cm³/mol. The number of carbonyl (C=O) groups excluding carboxylic acids is 1. The van der Waals surface area contributed by atoms with Crippen LogP contribution < -0.4 is 10.6 Å². The number of amides is 1. The van der Waals surface area contributed by atoms with Crippen LogP contribution in [0.25, 0.3) is 27.9 Å². The van der Waals surface area contributed by atoms with E-state index in [-0.39, 0.29) is 33.4 Å². The average Bonchev–Trinajstić information content (AvgIpc) is 3.25. The van der Waals surface area contributed by atoms with Crippen molar-refractivity contribution < 1.29 is 23.1 Å². The van der Waals surface area contributed by atoms with Crippen molar-refractivity contribution in [2.24, 2.45) is 5.41 Å². The second-order valence-corrected chi connectivity index (χ2v) is 12.6. The van der Waals surface area contributed by atoms with Crippen LogP contribution in [-0.4, -0.2) is 62.0 Å². The summed E-state index contributed by atoms with van der Waals surface area (Å²) >= 11 is 6.55. The van der Waals surface area contributed by atoms with Gasteiger partial charge < -0.3 is 19.6 Å². The molecule has 224 valence electrons. The van der Waals surface area contributed by atoms with Crippen LogP contribution in [0.1, 0.15) is 31.7 Å². The third-order valence-electron chi connectivity index (χ3n) is 7.75. The fourth-order valence-electron chi connectivity index (χ4n) is 5.73. The van der Waals surface area contributed by atoms with Crippen LogP contribution in [0.2, 0.25) is 5.02 Å². The van der Waals surface area contributed by atoms with Gasteiger partial charge in [0.05, 0.1) is 10.7 Å². The lowest BCUT2D eigenvalue weighted by Crippen LogP contribution is -2.73. The molecule has 0 aliphatic carbocycles. The second kappa shape index (κ2) is 10.4. The maximum atomic E-state index is 15.0. The Balaban J connectivity index is 1.21. The summed E-state index contributed by atoms with van der Waals surface area (Å²) in [5.74, 6) is -0.0540. The molecule has 0 radical (unpaired) electrons. The number of anilines is 1. The minimum absolute atomic E-state index is 0.0165. The number of phenolic OH excluding ortho intramolecular Hbond substituents is 1. The van der Waals surface area contributed by atoms with Crippen molar-refractivity contribution in [3.05, 3.63) is 82.4 Å². The van der Waals surface area contributed by atoms with Crippen molar-refractivity contribution in [1.82, 2.24) is 19.0 Å². The van der Waals surface area contributed by atoms with E-state index in [0.29, 0.717) is 48.8 Å². The number of aryl methyl sites for hydroxylation is 1. The molecule has 4 aromatic rings. The number of imidazole rings is 1. The van der Waals surface area contributed by atoms with Gasteiger partial charge in [-0.05, 0) is 75.1 Å². The summed E-state index contributed by atoms with van der Waals surface area (Å²) in [7, 11) is 0. The lowest BCUT2D eigenvalue weighted by molar-refractivity contribution is -0.0454. The molecule has 2 fully saturated rings. The van der Waals surface area contributed by atoms with Crippen molar-refractivity contribution in [2.75, 3.05) is 31.1 Å². The molecule has 9 nitrogen and oxygen atoms in total. The minimum atomic E-state index is -2.33. The first-order chi connectivity index (χ1) is 21.5. The molecule has 1 spiro atoms. The summed E-state index contributed by atoms with van der Waals surface area (Å²) in [5.41, 5.74) is 0.631. The number of hydrogen-bond acceptors (Lipinski definition) is 6. The lowest BCUT2D eigenvalue weighted by Gasteiger charge is -2.60. The highest BCUT2D eigenvalue weighted by atomic mass is 35.5.